The lowest BCUT2D eigenvalue weighted by molar-refractivity contribution is 0.602. The van der Waals surface area contributed by atoms with Gasteiger partial charge in [0.1, 0.15) is 5.52 Å². The third-order valence-corrected chi connectivity index (χ3v) is 5.55. The summed E-state index contributed by atoms with van der Waals surface area (Å²) in [6.45, 7) is 2.04. The van der Waals surface area contributed by atoms with E-state index >= 15 is 0 Å². The number of fused-ring (bicyclic) bond motifs is 1. The molecule has 0 aliphatic heterocycles. The number of sulfone groups is 1. The van der Waals surface area contributed by atoms with Crippen LogP contribution in [0.1, 0.15) is 5.56 Å². The highest BCUT2D eigenvalue weighted by molar-refractivity contribution is 7.90. The van der Waals surface area contributed by atoms with E-state index in [4.69, 9.17) is 0 Å². The van der Waals surface area contributed by atoms with E-state index in [0.29, 0.717) is 17.2 Å². The predicted molar refractivity (Wildman–Crippen MR) is 110 cm³/mol. The van der Waals surface area contributed by atoms with Crippen molar-refractivity contribution < 1.29 is 8.42 Å². The van der Waals surface area contributed by atoms with E-state index in [0.717, 1.165) is 22.2 Å². The molecule has 6 nitrogen and oxygen atoms in total. The Morgan fingerprint density at radius 1 is 0.857 bits per heavy atom. The first-order valence-corrected chi connectivity index (χ1v) is 10.6. The Balaban J connectivity index is 1.65. The Bertz CT molecular complexity index is 1260. The zero-order valence-corrected chi connectivity index (χ0v) is 16.2. The zero-order chi connectivity index (χ0) is 19.7. The van der Waals surface area contributed by atoms with Gasteiger partial charge in [0.05, 0.1) is 10.4 Å². The van der Waals surface area contributed by atoms with Crippen LogP contribution in [-0.4, -0.2) is 29.9 Å². The minimum atomic E-state index is -3.22. The van der Waals surface area contributed by atoms with Crippen molar-refractivity contribution in [1.82, 2.24) is 15.2 Å². The average Bonchev–Trinajstić information content (AvgIpc) is 2.68. The number of nitrogens with zero attached hydrogens (tertiary/aromatic N) is 3. The van der Waals surface area contributed by atoms with Crippen molar-refractivity contribution >= 4 is 32.5 Å². The van der Waals surface area contributed by atoms with Gasteiger partial charge in [-0.25, -0.2) is 13.4 Å². The van der Waals surface area contributed by atoms with Crippen molar-refractivity contribution in [3.05, 3.63) is 72.3 Å². The van der Waals surface area contributed by atoms with Crippen LogP contribution < -0.4 is 5.32 Å². The van der Waals surface area contributed by atoms with Crippen LogP contribution in [0.5, 0.6) is 0 Å². The highest BCUT2D eigenvalue weighted by Crippen LogP contribution is 2.27. The third-order valence-electron chi connectivity index (χ3n) is 4.42. The van der Waals surface area contributed by atoms with Gasteiger partial charge in [0.25, 0.3) is 0 Å². The first kappa shape index (κ1) is 18.1. The number of hydrogen-bond acceptors (Lipinski definition) is 6. The summed E-state index contributed by atoms with van der Waals surface area (Å²) in [4.78, 5) is 4.80. The van der Waals surface area contributed by atoms with Crippen LogP contribution in [0.3, 0.4) is 0 Å². The maximum atomic E-state index is 11.6. The van der Waals surface area contributed by atoms with Gasteiger partial charge in [-0.05, 0) is 60.0 Å². The molecule has 4 rings (SSSR count). The molecule has 3 aromatic carbocycles. The fraction of sp³-hybridized carbons (Fsp3) is 0.0952. The van der Waals surface area contributed by atoms with Crippen molar-refractivity contribution in [2.45, 2.75) is 11.8 Å². The molecule has 1 N–H and O–H groups in total. The normalized spacial score (nSPS) is 11.5. The number of nitrogens with one attached hydrogen (secondary N) is 1. The molecule has 0 fully saturated rings. The van der Waals surface area contributed by atoms with Crippen molar-refractivity contribution in [3.8, 4) is 11.1 Å². The van der Waals surface area contributed by atoms with E-state index in [2.05, 4.69) is 32.6 Å². The van der Waals surface area contributed by atoms with Crippen LogP contribution in [0.15, 0.2) is 71.6 Å². The van der Waals surface area contributed by atoms with Crippen LogP contribution >= 0.6 is 0 Å². The second-order valence-corrected chi connectivity index (χ2v) is 8.59. The zero-order valence-electron chi connectivity index (χ0n) is 15.4. The average molecular weight is 390 g/mol. The monoisotopic (exact) mass is 390 g/mol. The smallest absolute Gasteiger partial charge is 0.247 e. The maximum Gasteiger partial charge on any atom is 0.247 e. The largest absolute Gasteiger partial charge is 0.323 e. The van der Waals surface area contributed by atoms with Crippen LogP contribution in [0.2, 0.25) is 0 Å². The molecular formula is C21H18N4O2S. The molecule has 0 saturated carbocycles. The molecule has 140 valence electrons. The highest BCUT2D eigenvalue weighted by atomic mass is 32.2. The number of hydrogen-bond donors (Lipinski definition) is 1. The van der Waals surface area contributed by atoms with E-state index in [9.17, 15) is 8.42 Å². The topological polar surface area (TPSA) is 84.8 Å². The number of aromatic nitrogens is 3. The van der Waals surface area contributed by atoms with Crippen molar-refractivity contribution in [2.24, 2.45) is 0 Å². The summed E-state index contributed by atoms with van der Waals surface area (Å²) in [6, 6.07) is 20.5. The van der Waals surface area contributed by atoms with Crippen LogP contribution in [-0.2, 0) is 9.84 Å². The maximum absolute atomic E-state index is 11.6. The number of aryl methyl sites for hydroxylation is 1. The van der Waals surface area contributed by atoms with Crippen molar-refractivity contribution in [2.75, 3.05) is 11.6 Å². The lowest BCUT2D eigenvalue weighted by Gasteiger charge is -2.09. The molecule has 1 heterocycles. The van der Waals surface area contributed by atoms with Crippen LogP contribution in [0.4, 0.5) is 11.6 Å². The van der Waals surface area contributed by atoms with Gasteiger partial charge in [-0.2, -0.15) is 0 Å². The van der Waals surface area contributed by atoms with Crippen molar-refractivity contribution in [3.63, 3.8) is 0 Å². The first-order valence-electron chi connectivity index (χ1n) is 8.68. The van der Waals surface area contributed by atoms with Crippen LogP contribution in [0, 0.1) is 6.92 Å². The Labute approximate surface area is 163 Å². The molecular weight excluding hydrogens is 372 g/mol. The minimum Gasteiger partial charge on any atom is -0.323 e. The summed E-state index contributed by atoms with van der Waals surface area (Å²) in [6.07, 6.45) is 1.18. The van der Waals surface area contributed by atoms with Gasteiger partial charge in [0.15, 0.2) is 9.84 Å². The molecule has 0 unspecified atom stereocenters. The van der Waals surface area contributed by atoms with Crippen molar-refractivity contribution in [1.29, 1.82) is 0 Å². The lowest BCUT2D eigenvalue weighted by atomic mass is 10.00. The van der Waals surface area contributed by atoms with Gasteiger partial charge in [-0.3, -0.25) is 0 Å². The van der Waals surface area contributed by atoms with E-state index in [-0.39, 0.29) is 4.90 Å². The molecule has 28 heavy (non-hydrogen) atoms. The first-order chi connectivity index (χ1) is 13.4. The molecule has 1 aromatic heterocycles. The van der Waals surface area contributed by atoms with Gasteiger partial charge in [-0.15, -0.1) is 10.2 Å². The number of benzene rings is 3. The molecule has 4 aromatic rings. The second-order valence-electron chi connectivity index (χ2n) is 6.58. The summed E-state index contributed by atoms with van der Waals surface area (Å²) in [5.74, 6) is 0.353. The van der Waals surface area contributed by atoms with E-state index in [1.807, 2.05) is 37.3 Å². The Morgan fingerprint density at radius 2 is 1.57 bits per heavy atom. The Hall–Kier alpha value is -3.32. The molecule has 0 atom stereocenters. The molecule has 0 saturated heterocycles. The highest BCUT2D eigenvalue weighted by Gasteiger charge is 2.09. The van der Waals surface area contributed by atoms with Gasteiger partial charge in [-0.1, -0.05) is 30.3 Å². The van der Waals surface area contributed by atoms with E-state index in [1.165, 1.54) is 6.26 Å². The fourth-order valence-electron chi connectivity index (χ4n) is 2.98. The third kappa shape index (κ3) is 3.70. The molecule has 7 heteroatoms. The second kappa shape index (κ2) is 7.01. The quantitative estimate of drug-likeness (QED) is 0.563. The molecule has 0 bridgehead atoms. The Kier molecular flexibility index (Phi) is 4.52. The van der Waals surface area contributed by atoms with Gasteiger partial charge < -0.3 is 5.32 Å². The van der Waals surface area contributed by atoms with E-state index < -0.39 is 9.84 Å². The lowest BCUT2D eigenvalue weighted by Crippen LogP contribution is -2.01. The number of rotatable bonds is 4. The molecule has 0 amide bonds. The standard InChI is InChI=1S/C21H18N4O2S/c1-14-12-19-20(13-18(14)15-6-4-3-5-7-15)24-25-21(23-19)22-16-8-10-17(11-9-16)28(2,26)27/h3-13H,1-2H3,(H,22,23,25). The van der Waals surface area contributed by atoms with Crippen LogP contribution in [0.25, 0.3) is 22.2 Å². The molecule has 0 aliphatic carbocycles. The number of anilines is 2. The van der Waals surface area contributed by atoms with Gasteiger partial charge in [0.2, 0.25) is 5.95 Å². The summed E-state index contributed by atoms with van der Waals surface area (Å²) in [5.41, 5.74) is 5.46. The molecule has 0 spiro atoms. The Morgan fingerprint density at radius 3 is 2.25 bits per heavy atom. The summed E-state index contributed by atoms with van der Waals surface area (Å²) in [5, 5.41) is 11.5. The minimum absolute atomic E-state index is 0.264. The fourth-order valence-corrected chi connectivity index (χ4v) is 3.62. The summed E-state index contributed by atoms with van der Waals surface area (Å²) >= 11 is 0. The van der Waals surface area contributed by atoms with Gasteiger partial charge >= 0.3 is 0 Å². The SMILES string of the molecule is Cc1cc2nc(Nc3ccc(S(C)(=O)=O)cc3)nnc2cc1-c1ccccc1. The predicted octanol–water partition coefficient (Wildman–Crippen LogP) is 4.15. The summed E-state index contributed by atoms with van der Waals surface area (Å²) < 4.78 is 23.1. The molecule has 0 radical (unpaired) electrons. The molecule has 0 aliphatic rings. The summed E-state index contributed by atoms with van der Waals surface area (Å²) in [7, 11) is -3.22. The van der Waals surface area contributed by atoms with Gasteiger partial charge in [0, 0.05) is 11.9 Å². The van der Waals surface area contributed by atoms with E-state index in [1.54, 1.807) is 24.3 Å².